The summed E-state index contributed by atoms with van der Waals surface area (Å²) >= 11 is 0. The highest BCUT2D eigenvalue weighted by Gasteiger charge is 2.33. The van der Waals surface area contributed by atoms with Crippen molar-refractivity contribution in [1.29, 1.82) is 0 Å². The highest BCUT2D eigenvalue weighted by Crippen LogP contribution is 2.30. The third-order valence-electron chi connectivity index (χ3n) is 4.58. The maximum absolute atomic E-state index is 13.6. The Labute approximate surface area is 183 Å². The van der Waals surface area contributed by atoms with Gasteiger partial charge in [0, 0.05) is 12.4 Å². The predicted molar refractivity (Wildman–Crippen MR) is 117 cm³/mol. The van der Waals surface area contributed by atoms with E-state index < -0.39 is 29.3 Å². The van der Waals surface area contributed by atoms with E-state index in [0.29, 0.717) is 10.9 Å². The molecule has 9 heteroatoms. The molecule has 1 aromatic heterocycles. The number of imide groups is 1. The zero-order valence-electron chi connectivity index (χ0n) is 17.9. The van der Waals surface area contributed by atoms with Crippen molar-refractivity contribution in [2.24, 2.45) is 7.05 Å². The van der Waals surface area contributed by atoms with E-state index >= 15 is 0 Å². The number of para-hydroxylation sites is 2. The van der Waals surface area contributed by atoms with Gasteiger partial charge in [-0.05, 0) is 38.1 Å². The van der Waals surface area contributed by atoms with Crippen molar-refractivity contribution in [3.05, 3.63) is 70.5 Å². The average molecular weight is 438 g/mol. The number of fused-ring (bicyclic) bond motifs is 1. The largest absolute Gasteiger partial charge is 0.513 e. The molecule has 0 spiro atoms. The van der Waals surface area contributed by atoms with Gasteiger partial charge in [0.25, 0.3) is 11.5 Å². The molecule has 0 atom stereocenters. The number of aryl methyl sites for hydroxylation is 1. The number of carbonyl (C=O) groups excluding carboxylic acids is 3. The third-order valence-corrected chi connectivity index (χ3v) is 4.58. The molecule has 9 nitrogen and oxygen atoms in total. The van der Waals surface area contributed by atoms with Crippen LogP contribution in [0.25, 0.3) is 10.9 Å². The van der Waals surface area contributed by atoms with Gasteiger partial charge in [-0.25, -0.2) is 14.5 Å². The number of pyridine rings is 1. The molecule has 1 heterocycles. The van der Waals surface area contributed by atoms with E-state index in [2.05, 4.69) is 0 Å². The van der Waals surface area contributed by atoms with Crippen molar-refractivity contribution < 1.29 is 28.6 Å². The van der Waals surface area contributed by atoms with Crippen LogP contribution in [-0.2, 0) is 16.5 Å². The molecule has 32 heavy (non-hydrogen) atoms. The van der Waals surface area contributed by atoms with Crippen LogP contribution in [0.5, 0.6) is 5.75 Å². The van der Waals surface area contributed by atoms with Crippen molar-refractivity contribution >= 4 is 34.7 Å². The molecular formula is C23H22N2O7. The quantitative estimate of drug-likeness (QED) is 0.557. The molecule has 3 aromatic rings. The van der Waals surface area contributed by atoms with Crippen molar-refractivity contribution in [2.45, 2.75) is 13.8 Å². The lowest BCUT2D eigenvalue weighted by Gasteiger charge is -2.22. The number of benzene rings is 2. The van der Waals surface area contributed by atoms with E-state index in [4.69, 9.17) is 14.2 Å². The summed E-state index contributed by atoms with van der Waals surface area (Å²) < 4.78 is 16.4. The van der Waals surface area contributed by atoms with Crippen LogP contribution in [-0.4, -0.2) is 35.9 Å². The van der Waals surface area contributed by atoms with Gasteiger partial charge < -0.3 is 18.8 Å². The first-order chi connectivity index (χ1) is 15.4. The molecule has 0 bridgehead atoms. The van der Waals surface area contributed by atoms with E-state index in [9.17, 15) is 19.2 Å². The van der Waals surface area contributed by atoms with Gasteiger partial charge in [0.15, 0.2) is 5.75 Å². The lowest BCUT2D eigenvalue weighted by Crippen LogP contribution is -2.41. The molecule has 0 aliphatic heterocycles. The lowest BCUT2D eigenvalue weighted by molar-refractivity contribution is 0.0952. The molecule has 2 amide bonds. The molecule has 166 valence electrons. The fourth-order valence-corrected chi connectivity index (χ4v) is 3.17. The first kappa shape index (κ1) is 22.5. The highest BCUT2D eigenvalue weighted by atomic mass is 16.7. The van der Waals surface area contributed by atoms with Gasteiger partial charge in [-0.15, -0.1) is 0 Å². The average Bonchev–Trinajstić information content (AvgIpc) is 2.78. The second-order valence-electron chi connectivity index (χ2n) is 6.55. The Morgan fingerprint density at radius 3 is 2.19 bits per heavy atom. The molecule has 0 aliphatic carbocycles. The van der Waals surface area contributed by atoms with Crippen molar-refractivity contribution in [2.75, 3.05) is 18.1 Å². The zero-order valence-corrected chi connectivity index (χ0v) is 17.9. The molecule has 0 unspecified atom stereocenters. The topological polar surface area (TPSA) is 104 Å². The molecule has 0 radical (unpaired) electrons. The highest BCUT2D eigenvalue weighted by molar-refractivity contribution is 6.21. The van der Waals surface area contributed by atoms with Crippen LogP contribution in [0.15, 0.2) is 59.4 Å². The zero-order chi connectivity index (χ0) is 23.3. The van der Waals surface area contributed by atoms with E-state index in [1.165, 1.54) is 23.7 Å². The fraction of sp³-hybridized carbons (Fsp3) is 0.217. The predicted octanol–water partition coefficient (Wildman–Crippen LogP) is 3.88. The fourth-order valence-electron chi connectivity index (χ4n) is 3.17. The van der Waals surface area contributed by atoms with Crippen LogP contribution >= 0.6 is 0 Å². The molecule has 0 aliphatic rings. The molecule has 0 saturated carbocycles. The van der Waals surface area contributed by atoms with Crippen LogP contribution in [0.1, 0.15) is 24.2 Å². The minimum Gasteiger partial charge on any atom is -0.449 e. The number of rotatable bonds is 5. The van der Waals surface area contributed by atoms with E-state index in [-0.39, 0.29) is 24.7 Å². The number of aromatic nitrogens is 1. The van der Waals surface area contributed by atoms with Crippen LogP contribution in [0.4, 0.5) is 15.3 Å². The SMILES string of the molecule is CCOC(=O)Oc1c(C(=O)N(C(=O)OCC)c2ccccc2)c(=O)n(C)c2ccccc12. The van der Waals surface area contributed by atoms with Gasteiger partial charge in [-0.1, -0.05) is 30.3 Å². The summed E-state index contributed by atoms with van der Waals surface area (Å²) in [6.45, 7) is 3.23. The minimum atomic E-state index is -1.08. The van der Waals surface area contributed by atoms with Crippen LogP contribution in [0, 0.1) is 0 Å². The van der Waals surface area contributed by atoms with Crippen LogP contribution < -0.4 is 15.2 Å². The first-order valence-corrected chi connectivity index (χ1v) is 9.93. The number of hydrogen-bond donors (Lipinski definition) is 0. The molecule has 0 saturated heterocycles. The maximum atomic E-state index is 13.6. The summed E-state index contributed by atoms with van der Waals surface area (Å²) in [5.41, 5.74) is -0.640. The summed E-state index contributed by atoms with van der Waals surface area (Å²) in [5, 5.41) is 0.322. The monoisotopic (exact) mass is 438 g/mol. The summed E-state index contributed by atoms with van der Waals surface area (Å²) in [4.78, 5) is 52.4. The molecule has 0 fully saturated rings. The Morgan fingerprint density at radius 1 is 0.906 bits per heavy atom. The Morgan fingerprint density at radius 2 is 1.53 bits per heavy atom. The number of anilines is 1. The van der Waals surface area contributed by atoms with Crippen molar-refractivity contribution in [3.8, 4) is 5.75 Å². The van der Waals surface area contributed by atoms with Crippen LogP contribution in [0.2, 0.25) is 0 Å². The summed E-state index contributed by atoms with van der Waals surface area (Å²) in [6, 6.07) is 14.6. The molecule has 3 rings (SSSR count). The summed E-state index contributed by atoms with van der Waals surface area (Å²) in [7, 11) is 1.48. The number of ether oxygens (including phenoxy) is 3. The minimum absolute atomic E-state index is 0.0113. The lowest BCUT2D eigenvalue weighted by atomic mass is 10.1. The normalized spacial score (nSPS) is 10.5. The molecule has 0 N–H and O–H groups in total. The Hall–Kier alpha value is -4.14. The van der Waals surface area contributed by atoms with Crippen molar-refractivity contribution in [3.63, 3.8) is 0 Å². The van der Waals surface area contributed by atoms with Gasteiger partial charge in [-0.3, -0.25) is 9.59 Å². The second-order valence-corrected chi connectivity index (χ2v) is 6.55. The van der Waals surface area contributed by atoms with Gasteiger partial charge >= 0.3 is 12.2 Å². The second kappa shape index (κ2) is 9.78. The number of nitrogens with zero attached hydrogens (tertiary/aromatic N) is 2. The van der Waals surface area contributed by atoms with Gasteiger partial charge in [0.1, 0.15) is 5.56 Å². The number of carbonyl (C=O) groups is 3. The Balaban J connectivity index is 2.28. The van der Waals surface area contributed by atoms with Gasteiger partial charge in [-0.2, -0.15) is 0 Å². The van der Waals surface area contributed by atoms with Crippen LogP contribution in [0.3, 0.4) is 0 Å². The first-order valence-electron chi connectivity index (χ1n) is 9.93. The summed E-state index contributed by atoms with van der Waals surface area (Å²) in [5.74, 6) is -1.29. The van der Waals surface area contributed by atoms with E-state index in [0.717, 1.165) is 4.90 Å². The standard InChI is InChI=1S/C23H22N2O7/c1-4-30-22(28)25(15-11-7-6-8-12-15)21(27)18-19(32-23(29)31-5-2)16-13-9-10-14-17(16)24(3)20(18)26/h6-14H,4-5H2,1-3H3. The number of amides is 2. The molecular weight excluding hydrogens is 416 g/mol. The van der Waals surface area contributed by atoms with E-state index in [1.807, 2.05) is 0 Å². The Kier molecular flexibility index (Phi) is 6.89. The smallest absolute Gasteiger partial charge is 0.449 e. The third kappa shape index (κ3) is 4.31. The summed E-state index contributed by atoms with van der Waals surface area (Å²) in [6.07, 6.45) is -2.05. The Bertz CT molecular complexity index is 1220. The van der Waals surface area contributed by atoms with Crippen molar-refractivity contribution in [1.82, 2.24) is 4.57 Å². The maximum Gasteiger partial charge on any atom is 0.513 e. The number of hydrogen-bond acceptors (Lipinski definition) is 7. The molecule has 2 aromatic carbocycles. The van der Waals surface area contributed by atoms with E-state index in [1.54, 1.807) is 56.3 Å². The van der Waals surface area contributed by atoms with Gasteiger partial charge in [0.2, 0.25) is 0 Å². The van der Waals surface area contributed by atoms with Gasteiger partial charge in [0.05, 0.1) is 24.4 Å².